The summed E-state index contributed by atoms with van der Waals surface area (Å²) in [6, 6.07) is 4.79. The predicted molar refractivity (Wildman–Crippen MR) is 83.3 cm³/mol. The second-order valence-electron chi connectivity index (χ2n) is 5.69. The molecule has 1 aromatic carbocycles. The molecule has 0 aromatic heterocycles. The topological polar surface area (TPSA) is 49.4 Å². The first-order chi connectivity index (χ1) is 9.86. The van der Waals surface area contributed by atoms with E-state index >= 15 is 0 Å². The summed E-state index contributed by atoms with van der Waals surface area (Å²) < 4.78 is 0. The zero-order chi connectivity index (χ0) is 15.6. The molecule has 0 bridgehead atoms. The summed E-state index contributed by atoms with van der Waals surface area (Å²) in [5, 5.41) is 3.68. The van der Waals surface area contributed by atoms with E-state index in [0.29, 0.717) is 28.9 Å². The van der Waals surface area contributed by atoms with Gasteiger partial charge >= 0.3 is 0 Å². The Morgan fingerprint density at radius 3 is 2.62 bits per heavy atom. The van der Waals surface area contributed by atoms with Gasteiger partial charge in [-0.15, -0.1) is 0 Å². The van der Waals surface area contributed by atoms with Crippen LogP contribution in [-0.4, -0.2) is 29.3 Å². The molecule has 1 unspecified atom stereocenters. The van der Waals surface area contributed by atoms with Crippen molar-refractivity contribution in [2.75, 3.05) is 6.54 Å². The number of nitrogens with one attached hydrogen (secondary N) is 1. The molecule has 0 aliphatic carbocycles. The van der Waals surface area contributed by atoms with Crippen molar-refractivity contribution in [3.8, 4) is 0 Å². The molecule has 1 atom stereocenters. The highest BCUT2D eigenvalue weighted by Gasteiger charge is 2.32. The minimum absolute atomic E-state index is 0.0469. The van der Waals surface area contributed by atoms with Crippen molar-refractivity contribution in [1.82, 2.24) is 10.2 Å². The molecule has 1 N–H and O–H groups in total. The van der Waals surface area contributed by atoms with Crippen LogP contribution in [0.15, 0.2) is 18.2 Å². The number of hydrogen-bond donors (Lipinski definition) is 1. The highest BCUT2D eigenvalue weighted by Crippen LogP contribution is 2.24. The number of benzene rings is 1. The van der Waals surface area contributed by atoms with Crippen LogP contribution in [0.5, 0.6) is 0 Å². The molecule has 114 valence electrons. The van der Waals surface area contributed by atoms with Crippen LogP contribution in [0.25, 0.3) is 0 Å². The summed E-state index contributed by atoms with van der Waals surface area (Å²) >= 11 is 11.9. The minimum atomic E-state index is -0.436. The largest absolute Gasteiger partial charge is 0.343 e. The summed E-state index contributed by atoms with van der Waals surface area (Å²) in [5.41, 5.74) is 0.857. The molecule has 1 heterocycles. The Labute approximate surface area is 134 Å². The van der Waals surface area contributed by atoms with Crippen molar-refractivity contribution in [1.29, 1.82) is 0 Å². The van der Waals surface area contributed by atoms with Crippen molar-refractivity contribution in [2.45, 2.75) is 32.9 Å². The maximum atomic E-state index is 12.4. The van der Waals surface area contributed by atoms with Gasteiger partial charge in [0.1, 0.15) is 6.04 Å². The van der Waals surface area contributed by atoms with Crippen LogP contribution in [0.1, 0.15) is 25.8 Å². The molecule has 2 amide bonds. The van der Waals surface area contributed by atoms with Crippen LogP contribution in [0.2, 0.25) is 10.0 Å². The van der Waals surface area contributed by atoms with E-state index in [1.807, 2.05) is 19.9 Å². The maximum Gasteiger partial charge on any atom is 0.245 e. The molecule has 1 aromatic rings. The number of hydrogen-bond acceptors (Lipinski definition) is 2. The maximum absolute atomic E-state index is 12.4. The standard InChI is InChI=1S/C15H18Cl2N2O2/c1-9(2)5-13-15(21)19(8-14(20)18-13)7-10-3-4-11(16)12(17)6-10/h3-4,6,9,13H,5,7-8H2,1-2H3,(H,18,20). The quantitative estimate of drug-likeness (QED) is 0.923. The molecule has 0 spiro atoms. The summed E-state index contributed by atoms with van der Waals surface area (Å²) in [6.07, 6.45) is 0.641. The predicted octanol–water partition coefficient (Wildman–Crippen LogP) is 2.87. The van der Waals surface area contributed by atoms with Gasteiger partial charge in [-0.25, -0.2) is 0 Å². The number of piperazine rings is 1. The third kappa shape index (κ3) is 4.11. The molecule has 1 saturated heterocycles. The Kier molecular flexibility index (Phi) is 5.12. The number of rotatable bonds is 4. The van der Waals surface area contributed by atoms with Crippen molar-refractivity contribution < 1.29 is 9.59 Å². The number of nitrogens with zero attached hydrogens (tertiary/aromatic N) is 1. The molecule has 0 saturated carbocycles. The van der Waals surface area contributed by atoms with Gasteiger partial charge in [0.25, 0.3) is 0 Å². The molecule has 2 rings (SSSR count). The molecular formula is C15H18Cl2N2O2. The van der Waals surface area contributed by atoms with E-state index in [1.54, 1.807) is 17.0 Å². The lowest BCUT2D eigenvalue weighted by atomic mass is 10.0. The number of carbonyl (C=O) groups is 2. The second kappa shape index (κ2) is 6.67. The zero-order valence-electron chi connectivity index (χ0n) is 12.0. The molecule has 4 nitrogen and oxygen atoms in total. The average Bonchev–Trinajstić information content (AvgIpc) is 2.39. The lowest BCUT2D eigenvalue weighted by molar-refractivity contribution is -0.145. The lowest BCUT2D eigenvalue weighted by Gasteiger charge is -2.33. The fraction of sp³-hybridized carbons (Fsp3) is 0.467. The van der Waals surface area contributed by atoms with Crippen molar-refractivity contribution in [3.05, 3.63) is 33.8 Å². The first kappa shape index (κ1) is 16.1. The zero-order valence-corrected chi connectivity index (χ0v) is 13.5. The highest BCUT2D eigenvalue weighted by atomic mass is 35.5. The second-order valence-corrected chi connectivity index (χ2v) is 6.51. The average molecular weight is 329 g/mol. The Balaban J connectivity index is 2.12. The van der Waals surface area contributed by atoms with E-state index in [2.05, 4.69) is 5.32 Å². The van der Waals surface area contributed by atoms with Gasteiger partial charge in [0.15, 0.2) is 0 Å². The molecule has 1 aliphatic rings. The van der Waals surface area contributed by atoms with Gasteiger partial charge in [-0.3, -0.25) is 9.59 Å². The van der Waals surface area contributed by atoms with Crippen LogP contribution in [0, 0.1) is 5.92 Å². The van der Waals surface area contributed by atoms with Crippen molar-refractivity contribution >= 4 is 35.0 Å². The summed E-state index contributed by atoms with van der Waals surface area (Å²) in [6.45, 7) is 4.49. The normalized spacial score (nSPS) is 19.1. The van der Waals surface area contributed by atoms with Crippen LogP contribution < -0.4 is 5.32 Å². The van der Waals surface area contributed by atoms with Gasteiger partial charge in [0, 0.05) is 6.54 Å². The van der Waals surface area contributed by atoms with Gasteiger partial charge in [0.2, 0.25) is 11.8 Å². The lowest BCUT2D eigenvalue weighted by Crippen LogP contribution is -2.57. The number of halogens is 2. The summed E-state index contributed by atoms with van der Waals surface area (Å²) in [4.78, 5) is 25.7. The first-order valence-corrected chi connectivity index (χ1v) is 7.64. The summed E-state index contributed by atoms with van der Waals surface area (Å²) in [7, 11) is 0. The van der Waals surface area contributed by atoms with E-state index in [1.165, 1.54) is 0 Å². The Hall–Kier alpha value is -1.26. The monoisotopic (exact) mass is 328 g/mol. The molecule has 0 radical (unpaired) electrons. The van der Waals surface area contributed by atoms with Crippen LogP contribution >= 0.6 is 23.2 Å². The smallest absolute Gasteiger partial charge is 0.245 e. The number of amides is 2. The molecule has 6 heteroatoms. The molecule has 1 fully saturated rings. The van der Waals surface area contributed by atoms with Gasteiger partial charge < -0.3 is 10.2 Å². The Morgan fingerprint density at radius 1 is 1.29 bits per heavy atom. The van der Waals surface area contributed by atoms with Crippen LogP contribution in [0.3, 0.4) is 0 Å². The van der Waals surface area contributed by atoms with Gasteiger partial charge in [-0.2, -0.15) is 0 Å². The molecule has 21 heavy (non-hydrogen) atoms. The third-order valence-corrected chi connectivity index (χ3v) is 4.08. The fourth-order valence-electron chi connectivity index (χ4n) is 2.40. The van der Waals surface area contributed by atoms with Crippen LogP contribution in [-0.2, 0) is 16.1 Å². The van der Waals surface area contributed by atoms with E-state index in [4.69, 9.17) is 23.2 Å². The number of carbonyl (C=O) groups excluding carboxylic acids is 2. The molecule has 1 aliphatic heterocycles. The van der Waals surface area contributed by atoms with E-state index in [9.17, 15) is 9.59 Å². The fourth-order valence-corrected chi connectivity index (χ4v) is 2.72. The Bertz CT molecular complexity index is 561. The highest BCUT2D eigenvalue weighted by molar-refractivity contribution is 6.42. The van der Waals surface area contributed by atoms with Crippen molar-refractivity contribution in [2.24, 2.45) is 5.92 Å². The first-order valence-electron chi connectivity index (χ1n) is 6.89. The molecular weight excluding hydrogens is 311 g/mol. The van der Waals surface area contributed by atoms with Crippen LogP contribution in [0.4, 0.5) is 0 Å². The van der Waals surface area contributed by atoms with Gasteiger partial charge in [-0.05, 0) is 30.0 Å². The van der Waals surface area contributed by atoms with Gasteiger partial charge in [0.05, 0.1) is 16.6 Å². The van der Waals surface area contributed by atoms with Gasteiger partial charge in [-0.1, -0.05) is 43.1 Å². The summed E-state index contributed by atoms with van der Waals surface area (Å²) in [5.74, 6) is 0.166. The van der Waals surface area contributed by atoms with Crippen molar-refractivity contribution in [3.63, 3.8) is 0 Å². The minimum Gasteiger partial charge on any atom is -0.343 e. The Morgan fingerprint density at radius 2 is 2.00 bits per heavy atom. The van der Waals surface area contributed by atoms with E-state index in [-0.39, 0.29) is 18.4 Å². The SMILES string of the molecule is CC(C)CC1NC(=O)CN(Cc2ccc(Cl)c(Cl)c2)C1=O. The third-order valence-electron chi connectivity index (χ3n) is 3.34. The van der Waals surface area contributed by atoms with E-state index < -0.39 is 6.04 Å². The van der Waals surface area contributed by atoms with E-state index in [0.717, 1.165) is 5.56 Å².